The third kappa shape index (κ3) is 39.2. The van der Waals surface area contributed by atoms with Crippen molar-refractivity contribution in [2.75, 3.05) is 6.61 Å². The third-order valence-electron chi connectivity index (χ3n) is 11.3. The first-order chi connectivity index (χ1) is 27.0. The van der Waals surface area contributed by atoms with E-state index in [9.17, 15) is 19.8 Å². The molecule has 3 atom stereocenters. The largest absolute Gasteiger partial charge is 0.462 e. The molecule has 0 aliphatic heterocycles. The normalized spacial score (nSPS) is 13.3. The molecule has 0 bridgehead atoms. The van der Waals surface area contributed by atoms with Crippen molar-refractivity contribution in [2.45, 2.75) is 283 Å². The zero-order chi connectivity index (χ0) is 40.3. The minimum atomic E-state index is -0.784. The lowest BCUT2D eigenvalue weighted by Crippen LogP contribution is -2.46. The highest BCUT2D eigenvalue weighted by Crippen LogP contribution is 2.18. The van der Waals surface area contributed by atoms with Crippen LogP contribution in [-0.2, 0) is 14.3 Å². The van der Waals surface area contributed by atoms with E-state index in [0.29, 0.717) is 19.3 Å². The van der Waals surface area contributed by atoms with Gasteiger partial charge >= 0.3 is 5.97 Å². The molecule has 1 amide bonds. The van der Waals surface area contributed by atoms with Crippen molar-refractivity contribution in [2.24, 2.45) is 0 Å². The molecule has 3 unspecified atom stereocenters. The Labute approximate surface area is 342 Å². The molecule has 0 heterocycles. The molecular weight excluding hydrogens is 683 g/mol. The molecule has 0 radical (unpaired) electrons. The van der Waals surface area contributed by atoms with Gasteiger partial charge in [0.2, 0.25) is 5.91 Å². The Bertz CT molecular complexity index is 832. The van der Waals surface area contributed by atoms with Crippen LogP contribution in [0.2, 0.25) is 0 Å². The van der Waals surface area contributed by atoms with Crippen LogP contribution in [0.4, 0.5) is 0 Å². The lowest BCUT2D eigenvalue weighted by Gasteiger charge is -2.24. The van der Waals surface area contributed by atoms with E-state index in [1.54, 1.807) is 0 Å². The summed E-state index contributed by atoms with van der Waals surface area (Å²) in [6.07, 6.45) is 47.1. The Balaban J connectivity index is 4.41. The number of allylic oxidation sites excluding steroid dienone is 2. The zero-order valence-corrected chi connectivity index (χ0v) is 37.1. The number of unbranched alkanes of at least 4 members (excludes halogenated alkanes) is 30. The highest BCUT2D eigenvalue weighted by Gasteiger charge is 2.24. The van der Waals surface area contributed by atoms with E-state index in [1.807, 2.05) is 0 Å². The highest BCUT2D eigenvalue weighted by molar-refractivity contribution is 5.77. The Kier molecular flexibility index (Phi) is 42.6. The predicted octanol–water partition coefficient (Wildman–Crippen LogP) is 14.2. The molecule has 0 aliphatic rings. The summed E-state index contributed by atoms with van der Waals surface area (Å²) in [6.45, 7) is 6.42. The summed E-state index contributed by atoms with van der Waals surface area (Å²) in [6, 6.07) is -0.698. The van der Waals surface area contributed by atoms with Crippen molar-refractivity contribution >= 4 is 11.9 Å². The molecule has 326 valence electrons. The average molecular weight is 778 g/mol. The van der Waals surface area contributed by atoms with Crippen LogP contribution in [0, 0.1) is 0 Å². The van der Waals surface area contributed by atoms with Crippen LogP contribution in [-0.4, -0.2) is 46.9 Å². The number of aliphatic hydroxyl groups excluding tert-OH is 2. The fourth-order valence-corrected chi connectivity index (χ4v) is 7.61. The van der Waals surface area contributed by atoms with Crippen molar-refractivity contribution in [1.82, 2.24) is 5.32 Å². The summed E-state index contributed by atoms with van der Waals surface area (Å²) >= 11 is 0. The van der Waals surface area contributed by atoms with E-state index >= 15 is 0 Å². The monoisotopic (exact) mass is 778 g/mol. The topological polar surface area (TPSA) is 95.9 Å². The van der Waals surface area contributed by atoms with E-state index in [1.165, 1.54) is 154 Å². The van der Waals surface area contributed by atoms with Crippen LogP contribution in [0.15, 0.2) is 12.2 Å². The number of carbonyl (C=O) groups is 2. The predicted molar refractivity (Wildman–Crippen MR) is 237 cm³/mol. The van der Waals surface area contributed by atoms with E-state index in [0.717, 1.165) is 64.2 Å². The van der Waals surface area contributed by atoms with E-state index in [2.05, 4.69) is 38.2 Å². The van der Waals surface area contributed by atoms with E-state index < -0.39 is 18.2 Å². The molecule has 55 heavy (non-hydrogen) atoms. The summed E-state index contributed by atoms with van der Waals surface area (Å²) in [5.74, 6) is -0.480. The van der Waals surface area contributed by atoms with Gasteiger partial charge in [-0.1, -0.05) is 219 Å². The lowest BCUT2D eigenvalue weighted by atomic mass is 10.0. The lowest BCUT2D eigenvalue weighted by molar-refractivity contribution is -0.151. The summed E-state index contributed by atoms with van der Waals surface area (Å²) in [4.78, 5) is 26.0. The molecule has 6 heteroatoms. The van der Waals surface area contributed by atoms with Gasteiger partial charge < -0.3 is 20.3 Å². The molecule has 0 aromatic rings. The van der Waals surface area contributed by atoms with Crippen LogP contribution in [0.25, 0.3) is 0 Å². The number of hydrogen-bond acceptors (Lipinski definition) is 5. The summed E-state index contributed by atoms with van der Waals surface area (Å²) in [7, 11) is 0. The van der Waals surface area contributed by atoms with Gasteiger partial charge in [0, 0.05) is 6.42 Å². The Hall–Kier alpha value is -1.40. The van der Waals surface area contributed by atoms with Crippen molar-refractivity contribution < 1.29 is 24.5 Å². The minimum Gasteiger partial charge on any atom is -0.462 e. The molecule has 0 saturated carbocycles. The first-order valence-corrected chi connectivity index (χ1v) is 24.4. The van der Waals surface area contributed by atoms with Gasteiger partial charge in [-0.25, -0.2) is 0 Å². The van der Waals surface area contributed by atoms with Crippen LogP contribution >= 0.6 is 0 Å². The van der Waals surface area contributed by atoms with Gasteiger partial charge in [0.25, 0.3) is 0 Å². The molecule has 6 nitrogen and oxygen atoms in total. The van der Waals surface area contributed by atoms with Crippen molar-refractivity contribution in [3.63, 3.8) is 0 Å². The van der Waals surface area contributed by atoms with Gasteiger partial charge in [-0.2, -0.15) is 0 Å². The molecule has 0 aromatic carbocycles. The zero-order valence-electron chi connectivity index (χ0n) is 37.1. The summed E-state index contributed by atoms with van der Waals surface area (Å²) < 4.78 is 5.89. The van der Waals surface area contributed by atoms with Crippen molar-refractivity contribution in [3.8, 4) is 0 Å². The van der Waals surface area contributed by atoms with E-state index in [4.69, 9.17) is 4.74 Å². The molecule has 0 rings (SSSR count). The number of ether oxygens (including phenoxy) is 1. The van der Waals surface area contributed by atoms with E-state index in [-0.39, 0.29) is 24.9 Å². The van der Waals surface area contributed by atoms with Gasteiger partial charge in [-0.15, -0.1) is 0 Å². The van der Waals surface area contributed by atoms with Gasteiger partial charge in [0.15, 0.2) is 0 Å². The number of rotatable bonds is 44. The van der Waals surface area contributed by atoms with Gasteiger partial charge in [-0.05, 0) is 44.9 Å². The Morgan fingerprint density at radius 2 is 0.909 bits per heavy atom. The fraction of sp³-hybridized carbons (Fsp3) is 0.918. The number of carbonyl (C=O) groups excluding carboxylic acids is 2. The van der Waals surface area contributed by atoms with Crippen LogP contribution in [0.1, 0.15) is 265 Å². The Morgan fingerprint density at radius 1 is 0.509 bits per heavy atom. The molecule has 0 spiro atoms. The maximum absolute atomic E-state index is 13.1. The number of hydrogen-bond donors (Lipinski definition) is 3. The fourth-order valence-electron chi connectivity index (χ4n) is 7.61. The quantitative estimate of drug-likeness (QED) is 0.0325. The number of amides is 1. The molecular formula is C49H95NO5. The first-order valence-electron chi connectivity index (χ1n) is 24.4. The van der Waals surface area contributed by atoms with Gasteiger partial charge in [0.05, 0.1) is 25.2 Å². The number of esters is 1. The number of aliphatic hydroxyl groups is 2. The molecule has 0 aliphatic carbocycles. The average Bonchev–Trinajstić information content (AvgIpc) is 3.18. The maximum atomic E-state index is 13.1. The van der Waals surface area contributed by atoms with Gasteiger partial charge in [-0.3, -0.25) is 9.59 Å². The van der Waals surface area contributed by atoms with Crippen molar-refractivity contribution in [1.29, 1.82) is 0 Å². The maximum Gasteiger partial charge on any atom is 0.306 e. The molecule has 3 N–H and O–H groups in total. The highest BCUT2D eigenvalue weighted by atomic mass is 16.5. The summed E-state index contributed by atoms with van der Waals surface area (Å²) in [5.41, 5.74) is 0. The SMILES string of the molecule is CCC/C=C\CCCCCC(CC(=O)NC(CO)C(O)CCCCCCCCCCCCCCCC)OC(=O)CCCCCCCCCCCCCCCC. The number of nitrogens with one attached hydrogen (secondary N) is 1. The third-order valence-corrected chi connectivity index (χ3v) is 11.3. The molecule has 0 fully saturated rings. The smallest absolute Gasteiger partial charge is 0.306 e. The summed E-state index contributed by atoms with van der Waals surface area (Å²) in [5, 5.41) is 23.7. The minimum absolute atomic E-state index is 0.0724. The first kappa shape index (κ1) is 53.6. The molecule has 0 saturated heterocycles. The van der Waals surface area contributed by atoms with Crippen LogP contribution in [0.3, 0.4) is 0 Å². The van der Waals surface area contributed by atoms with Crippen LogP contribution < -0.4 is 5.32 Å². The Morgan fingerprint density at radius 3 is 1.36 bits per heavy atom. The van der Waals surface area contributed by atoms with Crippen LogP contribution in [0.5, 0.6) is 0 Å². The second kappa shape index (κ2) is 43.7. The second-order valence-electron chi connectivity index (χ2n) is 16.9. The molecule has 0 aromatic heterocycles. The van der Waals surface area contributed by atoms with Crippen molar-refractivity contribution in [3.05, 3.63) is 12.2 Å². The standard InChI is InChI=1S/C49H95NO5/c1-4-7-10-13-16-19-21-23-25-27-29-32-35-38-41-47(52)46(44-51)50-48(53)43-45(40-37-34-31-18-15-12-9-6-3)55-49(54)42-39-36-33-30-28-26-24-22-20-17-14-11-8-5-2/h12,15,45-47,51-52H,4-11,13-14,16-44H2,1-3H3,(H,50,53)/b15-12-. The second-order valence-corrected chi connectivity index (χ2v) is 16.9. The van der Waals surface area contributed by atoms with Gasteiger partial charge in [0.1, 0.15) is 6.10 Å².